The van der Waals surface area contributed by atoms with E-state index in [-0.39, 0.29) is 5.91 Å². The molecule has 0 unspecified atom stereocenters. The lowest BCUT2D eigenvalue weighted by Crippen LogP contribution is -2.29. The van der Waals surface area contributed by atoms with Crippen LogP contribution in [-0.2, 0) is 5.75 Å². The van der Waals surface area contributed by atoms with Gasteiger partial charge in [-0.15, -0.1) is 23.1 Å². The number of nitrogens with one attached hydrogen (secondary N) is 1. The van der Waals surface area contributed by atoms with E-state index in [1.807, 2.05) is 30.5 Å². The lowest BCUT2D eigenvalue weighted by Gasteiger charge is -2.04. The van der Waals surface area contributed by atoms with Crippen molar-refractivity contribution in [2.24, 2.45) is 5.84 Å². The van der Waals surface area contributed by atoms with Crippen molar-refractivity contribution in [3.8, 4) is 0 Å². The molecule has 2 rings (SSSR count). The maximum atomic E-state index is 11.3. The van der Waals surface area contributed by atoms with Crippen molar-refractivity contribution in [2.45, 2.75) is 17.6 Å². The molecule has 100 valence electrons. The molecule has 5 nitrogen and oxygen atoms in total. The number of nitrogens with two attached hydrogens (primary N) is 2. The second kappa shape index (κ2) is 6.05. The molecule has 7 heteroatoms. The van der Waals surface area contributed by atoms with Gasteiger partial charge in [0.25, 0.3) is 5.91 Å². The number of nitrogen functional groups attached to an aromatic ring is 2. The molecule has 0 radical (unpaired) electrons. The summed E-state index contributed by atoms with van der Waals surface area (Å²) in [4.78, 5) is 16.5. The second-order valence-electron chi connectivity index (χ2n) is 3.95. The van der Waals surface area contributed by atoms with Crippen molar-refractivity contribution in [2.75, 3.05) is 5.73 Å². The Hall–Kier alpha value is -1.57. The predicted molar refractivity (Wildman–Crippen MR) is 78.9 cm³/mol. The average Bonchev–Trinajstić information content (AvgIpc) is 2.85. The Morgan fingerprint density at radius 1 is 1.53 bits per heavy atom. The highest BCUT2D eigenvalue weighted by Gasteiger charge is 2.10. The number of carbonyl (C=O) groups is 1. The minimum Gasteiger partial charge on any atom is -0.398 e. The number of hydrogen-bond acceptors (Lipinski definition) is 6. The number of thioether (sulfide) groups is 1. The summed E-state index contributed by atoms with van der Waals surface area (Å²) in [7, 11) is 0. The third-order valence-corrected chi connectivity index (χ3v) is 4.43. The first kappa shape index (κ1) is 13.9. The number of amides is 1. The van der Waals surface area contributed by atoms with E-state index in [2.05, 4.69) is 10.4 Å². The fourth-order valence-electron chi connectivity index (χ4n) is 1.49. The van der Waals surface area contributed by atoms with E-state index in [1.54, 1.807) is 11.8 Å². The third kappa shape index (κ3) is 3.46. The minimum absolute atomic E-state index is 0.365. The Balaban J connectivity index is 2.02. The largest absolute Gasteiger partial charge is 0.398 e. The molecule has 5 N–H and O–H groups in total. The molecule has 0 aliphatic heterocycles. The van der Waals surface area contributed by atoms with Gasteiger partial charge in [-0.25, -0.2) is 10.8 Å². The zero-order chi connectivity index (χ0) is 13.8. The Morgan fingerprint density at radius 2 is 2.32 bits per heavy atom. The van der Waals surface area contributed by atoms with Crippen LogP contribution in [0.2, 0.25) is 0 Å². The van der Waals surface area contributed by atoms with E-state index in [0.717, 1.165) is 21.8 Å². The van der Waals surface area contributed by atoms with Crippen molar-refractivity contribution >= 4 is 34.7 Å². The van der Waals surface area contributed by atoms with E-state index < -0.39 is 0 Å². The number of benzene rings is 1. The molecule has 0 saturated carbocycles. The first-order valence-electron chi connectivity index (χ1n) is 5.54. The van der Waals surface area contributed by atoms with Crippen LogP contribution in [0.3, 0.4) is 0 Å². The predicted octanol–water partition coefficient (Wildman–Crippen LogP) is 1.93. The van der Waals surface area contributed by atoms with Gasteiger partial charge in [-0.05, 0) is 24.6 Å². The summed E-state index contributed by atoms with van der Waals surface area (Å²) in [6.07, 6.45) is 0. The molecule has 0 aliphatic rings. The van der Waals surface area contributed by atoms with Crippen LogP contribution in [0, 0.1) is 6.92 Å². The van der Waals surface area contributed by atoms with Gasteiger partial charge in [0.05, 0.1) is 5.69 Å². The highest BCUT2D eigenvalue weighted by molar-refractivity contribution is 7.98. The number of hydrazine groups is 1. The maximum absolute atomic E-state index is 11.3. The molecule has 0 fully saturated rings. The van der Waals surface area contributed by atoms with E-state index in [0.29, 0.717) is 10.8 Å². The lowest BCUT2D eigenvalue weighted by molar-refractivity contribution is 0.0953. The molecule has 1 heterocycles. The van der Waals surface area contributed by atoms with Crippen molar-refractivity contribution in [1.29, 1.82) is 0 Å². The van der Waals surface area contributed by atoms with E-state index in [4.69, 9.17) is 11.6 Å². The zero-order valence-electron chi connectivity index (χ0n) is 10.3. The van der Waals surface area contributed by atoms with Crippen LogP contribution in [0.25, 0.3) is 0 Å². The summed E-state index contributed by atoms with van der Waals surface area (Å²) >= 11 is 2.87. The van der Waals surface area contributed by atoms with Crippen LogP contribution in [0.15, 0.2) is 28.5 Å². The van der Waals surface area contributed by atoms with Gasteiger partial charge in [0.15, 0.2) is 5.01 Å². The average molecular weight is 294 g/mol. The Bertz CT molecular complexity index is 597. The number of anilines is 1. The molecule has 2 aromatic rings. The Labute approximate surface area is 119 Å². The van der Waals surface area contributed by atoms with E-state index in [1.165, 1.54) is 11.3 Å². The molecule has 1 aromatic carbocycles. The molecule has 0 bridgehead atoms. The number of hydrogen-bond donors (Lipinski definition) is 3. The lowest BCUT2D eigenvalue weighted by atomic mass is 10.2. The summed E-state index contributed by atoms with van der Waals surface area (Å²) in [6.45, 7) is 2.00. The van der Waals surface area contributed by atoms with Crippen molar-refractivity contribution in [1.82, 2.24) is 10.4 Å². The van der Waals surface area contributed by atoms with Gasteiger partial charge in [-0.2, -0.15) is 0 Å². The number of aromatic nitrogens is 1. The molecule has 0 saturated heterocycles. The highest BCUT2D eigenvalue weighted by Crippen LogP contribution is 2.29. The summed E-state index contributed by atoms with van der Waals surface area (Å²) in [5.74, 6) is 5.36. The topological polar surface area (TPSA) is 94.0 Å². The van der Waals surface area contributed by atoms with Crippen LogP contribution in [0.4, 0.5) is 5.69 Å². The molecule has 1 aromatic heterocycles. The molecule has 0 atom stereocenters. The number of carbonyl (C=O) groups excluding carboxylic acids is 1. The Morgan fingerprint density at radius 3 is 3.00 bits per heavy atom. The molecular formula is C12H14N4OS2. The first-order chi connectivity index (χ1) is 9.10. The van der Waals surface area contributed by atoms with Crippen LogP contribution in [0.1, 0.15) is 21.1 Å². The molecule has 19 heavy (non-hydrogen) atoms. The number of thiazole rings is 1. The number of nitrogens with zero attached hydrogens (tertiary/aromatic N) is 1. The summed E-state index contributed by atoms with van der Waals surface area (Å²) in [5, 5.41) is 2.22. The van der Waals surface area contributed by atoms with Gasteiger partial charge in [-0.1, -0.05) is 6.07 Å². The van der Waals surface area contributed by atoms with Gasteiger partial charge in [-0.3, -0.25) is 10.2 Å². The molecule has 0 aliphatic carbocycles. The maximum Gasteiger partial charge on any atom is 0.294 e. The first-order valence-corrected chi connectivity index (χ1v) is 7.41. The summed E-state index contributed by atoms with van der Waals surface area (Å²) in [6, 6.07) is 5.96. The van der Waals surface area contributed by atoms with E-state index in [9.17, 15) is 4.79 Å². The van der Waals surface area contributed by atoms with Crippen LogP contribution >= 0.6 is 23.1 Å². The van der Waals surface area contributed by atoms with Crippen molar-refractivity contribution in [3.63, 3.8) is 0 Å². The standard InChI is InChI=1S/C12H14N4OS2/c1-7-2-3-10(9(13)4-7)18-5-8-6-19-12(15-8)11(17)16-14/h2-4,6H,5,13-14H2,1H3,(H,16,17). The van der Waals surface area contributed by atoms with Crippen molar-refractivity contribution < 1.29 is 4.79 Å². The summed E-state index contributed by atoms with van der Waals surface area (Å²) < 4.78 is 0. The van der Waals surface area contributed by atoms with Gasteiger partial charge >= 0.3 is 0 Å². The van der Waals surface area contributed by atoms with Crippen LogP contribution in [0.5, 0.6) is 0 Å². The van der Waals surface area contributed by atoms with E-state index >= 15 is 0 Å². The SMILES string of the molecule is Cc1ccc(SCc2csc(C(=O)NN)n2)c(N)c1. The van der Waals surface area contributed by atoms with Crippen molar-refractivity contribution in [3.05, 3.63) is 39.8 Å². The monoisotopic (exact) mass is 294 g/mol. The number of aryl methyl sites for hydroxylation is 1. The van der Waals surface area contributed by atoms with Gasteiger partial charge in [0.2, 0.25) is 0 Å². The smallest absolute Gasteiger partial charge is 0.294 e. The molecule has 1 amide bonds. The number of rotatable bonds is 4. The fourth-order valence-corrected chi connectivity index (χ4v) is 3.16. The fraction of sp³-hybridized carbons (Fsp3) is 0.167. The molecular weight excluding hydrogens is 280 g/mol. The van der Waals surface area contributed by atoms with Gasteiger partial charge in [0.1, 0.15) is 0 Å². The summed E-state index contributed by atoms with van der Waals surface area (Å²) in [5.41, 5.74) is 10.7. The van der Waals surface area contributed by atoms with Gasteiger partial charge in [0, 0.05) is 21.7 Å². The Kier molecular flexibility index (Phi) is 4.41. The minimum atomic E-state index is -0.365. The normalized spacial score (nSPS) is 10.4. The van der Waals surface area contributed by atoms with Gasteiger partial charge < -0.3 is 5.73 Å². The molecule has 0 spiro atoms. The van der Waals surface area contributed by atoms with Crippen LogP contribution < -0.4 is 17.0 Å². The zero-order valence-corrected chi connectivity index (χ0v) is 12.0. The second-order valence-corrected chi connectivity index (χ2v) is 5.82. The quantitative estimate of drug-likeness (QED) is 0.263. The highest BCUT2D eigenvalue weighted by atomic mass is 32.2. The third-order valence-electron chi connectivity index (χ3n) is 2.42. The van der Waals surface area contributed by atoms with Crippen LogP contribution in [-0.4, -0.2) is 10.9 Å².